The van der Waals surface area contributed by atoms with Crippen molar-refractivity contribution in [2.24, 2.45) is 0 Å². The standard InChI is InChI=1S/C16H16N2O/c1-12(19)17-10-11-18-15-8-4-2-6-13(15)14-7-3-5-9-16(14)18/h2-9H,10-11H2,1H3,(H,17,19). The lowest BCUT2D eigenvalue weighted by Crippen LogP contribution is -2.24. The van der Waals surface area contributed by atoms with Crippen LogP contribution in [0.25, 0.3) is 21.8 Å². The number of fused-ring (bicyclic) bond motifs is 3. The molecule has 0 saturated carbocycles. The highest BCUT2D eigenvalue weighted by Crippen LogP contribution is 2.28. The monoisotopic (exact) mass is 252 g/mol. The third-order valence-corrected chi connectivity index (χ3v) is 3.39. The number of hydrogen-bond donors (Lipinski definition) is 1. The van der Waals surface area contributed by atoms with Crippen LogP contribution in [0.5, 0.6) is 0 Å². The van der Waals surface area contributed by atoms with E-state index in [9.17, 15) is 4.79 Å². The largest absolute Gasteiger partial charge is 0.355 e. The Bertz CT molecular complexity index is 689. The zero-order valence-corrected chi connectivity index (χ0v) is 10.9. The molecule has 1 amide bonds. The van der Waals surface area contributed by atoms with Crippen LogP contribution < -0.4 is 5.32 Å². The molecule has 0 unspecified atom stereocenters. The molecular weight excluding hydrogens is 236 g/mol. The fraction of sp³-hybridized carbons (Fsp3) is 0.188. The van der Waals surface area contributed by atoms with Crippen LogP contribution in [-0.4, -0.2) is 17.0 Å². The number of hydrogen-bond acceptors (Lipinski definition) is 1. The fourth-order valence-electron chi connectivity index (χ4n) is 2.59. The first kappa shape index (κ1) is 11.8. The quantitative estimate of drug-likeness (QED) is 0.764. The van der Waals surface area contributed by atoms with Crippen LogP contribution in [0.3, 0.4) is 0 Å². The van der Waals surface area contributed by atoms with Gasteiger partial charge in [-0.3, -0.25) is 4.79 Å². The number of carbonyl (C=O) groups excluding carboxylic acids is 1. The number of amides is 1. The summed E-state index contributed by atoms with van der Waals surface area (Å²) in [5.41, 5.74) is 2.43. The van der Waals surface area contributed by atoms with E-state index in [1.165, 1.54) is 21.8 Å². The Kier molecular flexibility index (Phi) is 2.95. The normalized spacial score (nSPS) is 11.0. The van der Waals surface area contributed by atoms with E-state index in [0.29, 0.717) is 6.54 Å². The van der Waals surface area contributed by atoms with Crippen LogP contribution in [0.2, 0.25) is 0 Å². The third-order valence-electron chi connectivity index (χ3n) is 3.39. The van der Waals surface area contributed by atoms with Crippen molar-refractivity contribution in [1.29, 1.82) is 0 Å². The molecule has 1 aromatic heterocycles. The fourth-order valence-corrected chi connectivity index (χ4v) is 2.59. The Morgan fingerprint density at radius 2 is 1.53 bits per heavy atom. The predicted molar refractivity (Wildman–Crippen MR) is 78.1 cm³/mol. The van der Waals surface area contributed by atoms with Crippen LogP contribution in [0.1, 0.15) is 6.92 Å². The van der Waals surface area contributed by atoms with Gasteiger partial charge in [-0.15, -0.1) is 0 Å². The van der Waals surface area contributed by atoms with Gasteiger partial charge in [0.25, 0.3) is 0 Å². The van der Waals surface area contributed by atoms with E-state index in [4.69, 9.17) is 0 Å². The van der Waals surface area contributed by atoms with E-state index in [0.717, 1.165) is 6.54 Å². The second-order valence-corrected chi connectivity index (χ2v) is 4.67. The highest BCUT2D eigenvalue weighted by molar-refractivity contribution is 6.07. The van der Waals surface area contributed by atoms with Crippen molar-refractivity contribution >= 4 is 27.7 Å². The van der Waals surface area contributed by atoms with Crippen LogP contribution in [0.4, 0.5) is 0 Å². The molecule has 1 N–H and O–H groups in total. The van der Waals surface area contributed by atoms with E-state index >= 15 is 0 Å². The van der Waals surface area contributed by atoms with Gasteiger partial charge in [-0.05, 0) is 12.1 Å². The van der Waals surface area contributed by atoms with Crippen molar-refractivity contribution in [1.82, 2.24) is 9.88 Å². The van der Waals surface area contributed by atoms with Gasteiger partial charge in [0.05, 0.1) is 0 Å². The predicted octanol–water partition coefficient (Wildman–Crippen LogP) is 2.93. The number of carbonyl (C=O) groups is 1. The summed E-state index contributed by atoms with van der Waals surface area (Å²) in [6, 6.07) is 16.8. The number of aromatic nitrogens is 1. The molecule has 19 heavy (non-hydrogen) atoms. The van der Waals surface area contributed by atoms with Gasteiger partial charge in [-0.1, -0.05) is 36.4 Å². The summed E-state index contributed by atoms with van der Waals surface area (Å²) in [5, 5.41) is 5.38. The number of rotatable bonds is 3. The molecule has 3 nitrogen and oxygen atoms in total. The van der Waals surface area contributed by atoms with Gasteiger partial charge in [0.2, 0.25) is 5.91 Å². The third kappa shape index (κ3) is 2.08. The summed E-state index contributed by atoms with van der Waals surface area (Å²) in [7, 11) is 0. The van der Waals surface area contributed by atoms with Gasteiger partial charge >= 0.3 is 0 Å². The van der Waals surface area contributed by atoms with Crippen molar-refractivity contribution in [3.63, 3.8) is 0 Å². The summed E-state index contributed by atoms with van der Waals surface area (Å²) >= 11 is 0. The molecule has 0 aliphatic carbocycles. The molecule has 3 aromatic rings. The van der Waals surface area contributed by atoms with Crippen molar-refractivity contribution in [3.05, 3.63) is 48.5 Å². The smallest absolute Gasteiger partial charge is 0.216 e. The highest BCUT2D eigenvalue weighted by Gasteiger charge is 2.08. The number of nitrogens with zero attached hydrogens (tertiary/aromatic N) is 1. The Morgan fingerprint density at radius 1 is 1.00 bits per heavy atom. The van der Waals surface area contributed by atoms with E-state index < -0.39 is 0 Å². The molecule has 0 fully saturated rings. The first-order valence-corrected chi connectivity index (χ1v) is 6.48. The van der Waals surface area contributed by atoms with Crippen LogP contribution >= 0.6 is 0 Å². The Hall–Kier alpha value is -2.29. The number of benzene rings is 2. The summed E-state index contributed by atoms with van der Waals surface area (Å²) in [6.07, 6.45) is 0. The SMILES string of the molecule is CC(=O)NCCn1c2ccccc2c2ccccc21. The topological polar surface area (TPSA) is 34.0 Å². The van der Waals surface area contributed by atoms with E-state index in [2.05, 4.69) is 58.4 Å². The maximum atomic E-state index is 11.0. The first-order chi connectivity index (χ1) is 9.27. The van der Waals surface area contributed by atoms with E-state index in [1.54, 1.807) is 6.92 Å². The van der Waals surface area contributed by atoms with E-state index in [-0.39, 0.29) is 5.91 Å². The van der Waals surface area contributed by atoms with Crippen molar-refractivity contribution in [2.75, 3.05) is 6.54 Å². The van der Waals surface area contributed by atoms with Crippen LogP contribution in [0.15, 0.2) is 48.5 Å². The Labute approximate surface area is 111 Å². The van der Waals surface area contributed by atoms with Crippen molar-refractivity contribution < 1.29 is 4.79 Å². The summed E-state index contributed by atoms with van der Waals surface area (Å²) in [4.78, 5) is 11.0. The first-order valence-electron chi connectivity index (χ1n) is 6.48. The average molecular weight is 252 g/mol. The lowest BCUT2D eigenvalue weighted by molar-refractivity contribution is -0.118. The van der Waals surface area contributed by atoms with E-state index in [1.807, 2.05) is 0 Å². The minimum absolute atomic E-state index is 0.0146. The lowest BCUT2D eigenvalue weighted by atomic mass is 10.2. The molecule has 1 heterocycles. The molecule has 3 rings (SSSR count). The highest BCUT2D eigenvalue weighted by atomic mass is 16.1. The van der Waals surface area contributed by atoms with Gasteiger partial charge in [0.15, 0.2) is 0 Å². The lowest BCUT2D eigenvalue weighted by Gasteiger charge is -2.07. The zero-order chi connectivity index (χ0) is 13.2. The zero-order valence-electron chi connectivity index (χ0n) is 10.9. The molecule has 0 aliphatic rings. The molecule has 0 spiro atoms. The second kappa shape index (κ2) is 4.76. The van der Waals surface area contributed by atoms with Crippen LogP contribution in [-0.2, 0) is 11.3 Å². The molecule has 0 atom stereocenters. The molecule has 3 heteroatoms. The van der Waals surface area contributed by atoms with Crippen LogP contribution in [0, 0.1) is 0 Å². The van der Waals surface area contributed by atoms with Gasteiger partial charge in [0.1, 0.15) is 0 Å². The summed E-state index contributed by atoms with van der Waals surface area (Å²) in [5.74, 6) is 0.0146. The molecule has 96 valence electrons. The van der Waals surface area contributed by atoms with Gasteiger partial charge < -0.3 is 9.88 Å². The van der Waals surface area contributed by atoms with Crippen molar-refractivity contribution in [2.45, 2.75) is 13.5 Å². The van der Waals surface area contributed by atoms with Gasteiger partial charge in [0, 0.05) is 41.8 Å². The molecule has 2 aromatic carbocycles. The maximum Gasteiger partial charge on any atom is 0.216 e. The molecule has 0 bridgehead atoms. The van der Waals surface area contributed by atoms with Gasteiger partial charge in [-0.2, -0.15) is 0 Å². The summed E-state index contributed by atoms with van der Waals surface area (Å²) < 4.78 is 2.26. The average Bonchev–Trinajstić information content (AvgIpc) is 2.74. The molecule has 0 aliphatic heterocycles. The van der Waals surface area contributed by atoms with Crippen molar-refractivity contribution in [3.8, 4) is 0 Å². The maximum absolute atomic E-state index is 11.0. The second-order valence-electron chi connectivity index (χ2n) is 4.67. The molecular formula is C16H16N2O. The Balaban J connectivity index is 2.11. The minimum Gasteiger partial charge on any atom is -0.355 e. The number of nitrogens with one attached hydrogen (secondary N) is 1. The van der Waals surface area contributed by atoms with Gasteiger partial charge in [-0.25, -0.2) is 0 Å². The minimum atomic E-state index is 0.0146. The summed E-state index contributed by atoms with van der Waals surface area (Å²) in [6.45, 7) is 2.98. The molecule has 0 saturated heterocycles. The molecule has 0 radical (unpaired) electrons. The number of para-hydroxylation sites is 2. The Morgan fingerprint density at radius 3 is 2.05 bits per heavy atom.